The van der Waals surface area contributed by atoms with E-state index < -0.39 is 21.8 Å². The van der Waals surface area contributed by atoms with Gasteiger partial charge in [-0.05, 0) is 31.2 Å². The highest BCUT2D eigenvalue weighted by Crippen LogP contribution is 2.14. The third-order valence-corrected chi connectivity index (χ3v) is 4.09. The fraction of sp³-hybridized carbons (Fsp3) is 0.273. The van der Waals surface area contributed by atoms with Gasteiger partial charge in [-0.15, -0.1) is 4.41 Å². The Balaban J connectivity index is 3.11. The summed E-state index contributed by atoms with van der Waals surface area (Å²) in [4.78, 5) is 21.8. The van der Waals surface area contributed by atoms with E-state index in [1.165, 1.54) is 31.2 Å². The van der Waals surface area contributed by atoms with Crippen molar-refractivity contribution < 1.29 is 18.0 Å². The number of benzene rings is 1. The molecule has 104 valence electrons. The van der Waals surface area contributed by atoms with E-state index in [9.17, 15) is 18.0 Å². The Morgan fingerprint density at radius 1 is 1.26 bits per heavy atom. The number of nitrogens with two attached hydrogens (primary N) is 1. The summed E-state index contributed by atoms with van der Waals surface area (Å²) in [5.41, 5.74) is 7.50. The van der Waals surface area contributed by atoms with Gasteiger partial charge in [0, 0.05) is 19.0 Å². The van der Waals surface area contributed by atoms with E-state index in [0.717, 1.165) is 4.41 Å². The third kappa shape index (κ3) is 3.52. The van der Waals surface area contributed by atoms with Gasteiger partial charge in [0.1, 0.15) is 0 Å². The van der Waals surface area contributed by atoms with Gasteiger partial charge in [0.15, 0.2) is 0 Å². The Labute approximate surface area is 111 Å². The first-order valence-electron chi connectivity index (χ1n) is 5.49. The molecule has 0 bridgehead atoms. The van der Waals surface area contributed by atoms with E-state index in [1.807, 2.05) is 0 Å². The number of sulfonamides is 1. The summed E-state index contributed by atoms with van der Waals surface area (Å²) < 4.78 is 25.2. The van der Waals surface area contributed by atoms with Crippen molar-refractivity contribution in [2.45, 2.75) is 18.7 Å². The maximum absolute atomic E-state index is 12.2. The van der Waals surface area contributed by atoms with Crippen molar-refractivity contribution >= 4 is 21.8 Å². The van der Waals surface area contributed by atoms with E-state index in [-0.39, 0.29) is 17.0 Å². The highest BCUT2D eigenvalue weighted by Gasteiger charge is 2.23. The zero-order valence-corrected chi connectivity index (χ0v) is 11.4. The molecule has 0 aliphatic carbocycles. The SMILES string of the molecule is CCN(NC(C)=O)S(=O)(=O)c1ccc(C(N)=O)cc1. The van der Waals surface area contributed by atoms with Crippen LogP contribution < -0.4 is 11.2 Å². The summed E-state index contributed by atoms with van der Waals surface area (Å²) >= 11 is 0. The molecule has 3 N–H and O–H groups in total. The lowest BCUT2D eigenvalue weighted by Gasteiger charge is -2.20. The second kappa shape index (κ2) is 5.81. The molecule has 0 aliphatic heterocycles. The fourth-order valence-corrected chi connectivity index (χ4v) is 2.73. The molecule has 0 aromatic heterocycles. The molecule has 8 heteroatoms. The highest BCUT2D eigenvalue weighted by molar-refractivity contribution is 7.89. The molecule has 0 saturated carbocycles. The lowest BCUT2D eigenvalue weighted by atomic mass is 10.2. The van der Waals surface area contributed by atoms with Crippen LogP contribution in [0.2, 0.25) is 0 Å². The van der Waals surface area contributed by atoms with Crippen molar-refractivity contribution in [3.8, 4) is 0 Å². The van der Waals surface area contributed by atoms with Crippen LogP contribution in [-0.2, 0) is 14.8 Å². The predicted octanol–water partition coefficient (Wildman–Crippen LogP) is -0.153. The average Bonchev–Trinajstić information content (AvgIpc) is 2.35. The second-order valence-electron chi connectivity index (χ2n) is 3.73. The number of hydrogen-bond acceptors (Lipinski definition) is 4. The molecule has 0 saturated heterocycles. The maximum atomic E-state index is 12.2. The zero-order chi connectivity index (χ0) is 14.6. The van der Waals surface area contributed by atoms with Gasteiger partial charge in [-0.25, -0.2) is 8.42 Å². The number of nitrogens with one attached hydrogen (secondary N) is 1. The molecular formula is C11H15N3O4S. The number of hydrazine groups is 1. The molecule has 0 spiro atoms. The minimum absolute atomic E-state index is 0.0342. The largest absolute Gasteiger partial charge is 0.366 e. The third-order valence-electron chi connectivity index (χ3n) is 2.30. The van der Waals surface area contributed by atoms with Gasteiger partial charge >= 0.3 is 0 Å². The normalized spacial score (nSPS) is 11.3. The van der Waals surface area contributed by atoms with E-state index in [2.05, 4.69) is 5.43 Å². The first-order chi connectivity index (χ1) is 8.78. The number of amides is 2. The Kier molecular flexibility index (Phi) is 4.62. The van der Waals surface area contributed by atoms with Crippen LogP contribution in [0.4, 0.5) is 0 Å². The molecule has 0 aliphatic rings. The molecule has 7 nitrogen and oxygen atoms in total. The summed E-state index contributed by atoms with van der Waals surface area (Å²) in [5.74, 6) is -1.13. The molecule has 1 aromatic carbocycles. The first-order valence-corrected chi connectivity index (χ1v) is 6.93. The lowest BCUT2D eigenvalue weighted by Crippen LogP contribution is -2.44. The Bertz CT molecular complexity index is 580. The number of carbonyl (C=O) groups is 2. The van der Waals surface area contributed by atoms with Crippen LogP contribution in [0.5, 0.6) is 0 Å². The molecule has 19 heavy (non-hydrogen) atoms. The Morgan fingerprint density at radius 2 is 1.79 bits per heavy atom. The topological polar surface area (TPSA) is 110 Å². The van der Waals surface area contributed by atoms with Crippen LogP contribution in [0, 0.1) is 0 Å². The lowest BCUT2D eigenvalue weighted by molar-refractivity contribution is -0.121. The van der Waals surface area contributed by atoms with Crippen molar-refractivity contribution in [3.05, 3.63) is 29.8 Å². The van der Waals surface area contributed by atoms with Crippen LogP contribution in [-0.4, -0.2) is 31.2 Å². The Morgan fingerprint density at radius 3 is 2.16 bits per heavy atom. The van der Waals surface area contributed by atoms with Crippen molar-refractivity contribution in [3.63, 3.8) is 0 Å². The van der Waals surface area contributed by atoms with Crippen LogP contribution in [0.1, 0.15) is 24.2 Å². The number of primary amides is 1. The summed E-state index contributed by atoms with van der Waals surface area (Å²) in [6, 6.07) is 5.16. The molecular weight excluding hydrogens is 270 g/mol. The molecule has 0 atom stereocenters. The number of nitrogens with zero attached hydrogens (tertiary/aromatic N) is 1. The van der Waals surface area contributed by atoms with Gasteiger partial charge in [0.2, 0.25) is 11.8 Å². The van der Waals surface area contributed by atoms with Gasteiger partial charge in [-0.2, -0.15) is 0 Å². The van der Waals surface area contributed by atoms with Crippen molar-refractivity contribution in [1.29, 1.82) is 0 Å². The minimum Gasteiger partial charge on any atom is -0.366 e. The van der Waals surface area contributed by atoms with Crippen LogP contribution in [0.3, 0.4) is 0 Å². The minimum atomic E-state index is -3.84. The Hall–Kier alpha value is -1.93. The number of hydrogen-bond donors (Lipinski definition) is 2. The van der Waals surface area contributed by atoms with Gasteiger partial charge in [-0.3, -0.25) is 15.0 Å². The van der Waals surface area contributed by atoms with Gasteiger partial charge in [0.05, 0.1) is 4.90 Å². The van der Waals surface area contributed by atoms with Crippen LogP contribution >= 0.6 is 0 Å². The highest BCUT2D eigenvalue weighted by atomic mass is 32.2. The van der Waals surface area contributed by atoms with Gasteiger partial charge in [0.25, 0.3) is 10.0 Å². The average molecular weight is 285 g/mol. The fourth-order valence-electron chi connectivity index (χ4n) is 1.40. The van der Waals surface area contributed by atoms with Crippen molar-refractivity contribution in [2.75, 3.05) is 6.54 Å². The molecule has 0 fully saturated rings. The molecule has 0 radical (unpaired) electrons. The smallest absolute Gasteiger partial charge is 0.259 e. The summed E-state index contributed by atoms with van der Waals surface area (Å²) in [7, 11) is -3.84. The van der Waals surface area contributed by atoms with E-state index in [1.54, 1.807) is 6.92 Å². The van der Waals surface area contributed by atoms with E-state index in [0.29, 0.717) is 0 Å². The molecule has 0 heterocycles. The quantitative estimate of drug-likeness (QED) is 0.733. The monoisotopic (exact) mass is 285 g/mol. The second-order valence-corrected chi connectivity index (χ2v) is 5.59. The molecule has 0 unspecified atom stereocenters. The zero-order valence-electron chi connectivity index (χ0n) is 10.6. The predicted molar refractivity (Wildman–Crippen MR) is 68.3 cm³/mol. The summed E-state index contributed by atoms with van der Waals surface area (Å²) in [6.07, 6.45) is 0. The maximum Gasteiger partial charge on any atom is 0.259 e. The molecule has 2 amide bonds. The van der Waals surface area contributed by atoms with E-state index in [4.69, 9.17) is 5.73 Å². The first kappa shape index (κ1) is 15.1. The summed E-state index contributed by atoms with van der Waals surface area (Å²) in [5, 5.41) is 0. The van der Waals surface area contributed by atoms with E-state index >= 15 is 0 Å². The number of rotatable bonds is 5. The van der Waals surface area contributed by atoms with Crippen LogP contribution in [0.15, 0.2) is 29.2 Å². The number of carbonyl (C=O) groups excluding carboxylic acids is 2. The van der Waals surface area contributed by atoms with Gasteiger partial charge in [-0.1, -0.05) is 0 Å². The standard InChI is InChI=1S/C11H15N3O4S/c1-3-14(13-8(2)15)19(17,18)10-6-4-9(5-7-10)11(12)16/h4-7H,3H2,1-2H3,(H2,12,16)(H,13,15). The molecule has 1 rings (SSSR count). The van der Waals surface area contributed by atoms with Crippen LogP contribution in [0.25, 0.3) is 0 Å². The van der Waals surface area contributed by atoms with Crippen molar-refractivity contribution in [1.82, 2.24) is 9.84 Å². The molecule has 1 aromatic rings. The van der Waals surface area contributed by atoms with Gasteiger partial charge < -0.3 is 5.73 Å². The van der Waals surface area contributed by atoms with Crippen molar-refractivity contribution in [2.24, 2.45) is 5.73 Å². The summed E-state index contributed by atoms with van der Waals surface area (Å²) in [6.45, 7) is 2.89.